The minimum absolute atomic E-state index is 0.0361. The highest BCUT2D eigenvalue weighted by Crippen LogP contribution is 2.28. The lowest BCUT2D eigenvalue weighted by atomic mass is 9.98. The van der Waals surface area contributed by atoms with Crippen molar-refractivity contribution in [3.8, 4) is 0 Å². The van der Waals surface area contributed by atoms with Crippen molar-refractivity contribution in [2.45, 2.75) is 12.5 Å². The van der Waals surface area contributed by atoms with Crippen LogP contribution >= 0.6 is 27.5 Å². The predicted octanol–water partition coefficient (Wildman–Crippen LogP) is 4.88. The number of nitrogens with one attached hydrogen (secondary N) is 1. The smallest absolute Gasteiger partial charge is 0.130 e. The summed E-state index contributed by atoms with van der Waals surface area (Å²) in [6, 6.07) is 8.85. The molecule has 1 unspecified atom stereocenters. The Morgan fingerprint density at radius 1 is 1.20 bits per heavy atom. The third kappa shape index (κ3) is 3.37. The van der Waals surface area contributed by atoms with Gasteiger partial charge in [-0.15, -0.1) is 0 Å². The van der Waals surface area contributed by atoms with Gasteiger partial charge >= 0.3 is 0 Å². The second kappa shape index (κ2) is 6.66. The fourth-order valence-corrected chi connectivity index (χ4v) is 2.85. The van der Waals surface area contributed by atoms with Gasteiger partial charge in [-0.25, -0.2) is 8.78 Å². The van der Waals surface area contributed by atoms with Crippen molar-refractivity contribution in [2.24, 2.45) is 0 Å². The Bertz CT molecular complexity index is 599. The van der Waals surface area contributed by atoms with Gasteiger partial charge in [-0.2, -0.15) is 0 Å². The van der Waals surface area contributed by atoms with Gasteiger partial charge in [0.05, 0.1) is 0 Å². The summed E-state index contributed by atoms with van der Waals surface area (Å²) in [4.78, 5) is 0. The fourth-order valence-electron chi connectivity index (χ4n) is 2.10. The Morgan fingerprint density at radius 3 is 2.40 bits per heavy atom. The maximum absolute atomic E-state index is 13.8. The molecule has 5 heteroatoms. The quantitative estimate of drug-likeness (QED) is 0.819. The van der Waals surface area contributed by atoms with Crippen LogP contribution < -0.4 is 5.32 Å². The summed E-state index contributed by atoms with van der Waals surface area (Å²) in [7, 11) is 1.67. The first-order valence-corrected chi connectivity index (χ1v) is 7.25. The van der Waals surface area contributed by atoms with Gasteiger partial charge in [0.1, 0.15) is 11.6 Å². The molecule has 0 radical (unpaired) electrons. The lowest BCUT2D eigenvalue weighted by molar-refractivity contribution is 0.489. The molecule has 1 nitrogen and oxygen atoms in total. The molecule has 2 rings (SSSR count). The van der Waals surface area contributed by atoms with E-state index in [4.69, 9.17) is 11.6 Å². The molecule has 2 aromatic rings. The normalized spacial score (nSPS) is 12.4. The van der Waals surface area contributed by atoms with Crippen molar-refractivity contribution in [2.75, 3.05) is 7.05 Å². The van der Waals surface area contributed by atoms with E-state index in [1.807, 2.05) is 12.1 Å². The minimum Gasteiger partial charge on any atom is -0.313 e. The summed E-state index contributed by atoms with van der Waals surface area (Å²) in [5, 5.41) is 3.51. The highest BCUT2D eigenvalue weighted by molar-refractivity contribution is 9.10. The van der Waals surface area contributed by atoms with Crippen molar-refractivity contribution in [3.63, 3.8) is 0 Å². The van der Waals surface area contributed by atoms with Crippen LogP contribution in [0.1, 0.15) is 17.2 Å². The van der Waals surface area contributed by atoms with E-state index in [1.54, 1.807) is 13.1 Å². The second-order valence-corrected chi connectivity index (χ2v) is 5.74. The van der Waals surface area contributed by atoms with Gasteiger partial charge < -0.3 is 5.32 Å². The summed E-state index contributed by atoms with van der Waals surface area (Å²) < 4.78 is 28.5. The van der Waals surface area contributed by atoms with E-state index in [-0.39, 0.29) is 5.56 Å². The highest BCUT2D eigenvalue weighted by Gasteiger charge is 2.19. The summed E-state index contributed by atoms with van der Waals surface area (Å²) in [6.45, 7) is 0. The van der Waals surface area contributed by atoms with Crippen LogP contribution in [0.5, 0.6) is 0 Å². The van der Waals surface area contributed by atoms with E-state index in [1.165, 1.54) is 18.2 Å². The Kier molecular flexibility index (Phi) is 5.13. The summed E-state index contributed by atoms with van der Waals surface area (Å²) in [5.74, 6) is -1.12. The molecule has 1 N–H and O–H groups in total. The van der Waals surface area contributed by atoms with Crippen LogP contribution in [0.2, 0.25) is 5.02 Å². The predicted molar refractivity (Wildman–Crippen MR) is 81.0 cm³/mol. The van der Waals surface area contributed by atoms with Crippen molar-refractivity contribution in [1.29, 1.82) is 0 Å². The first kappa shape index (κ1) is 15.4. The molecule has 0 heterocycles. The Labute approximate surface area is 130 Å². The number of benzene rings is 2. The van der Waals surface area contributed by atoms with Crippen molar-refractivity contribution >= 4 is 27.5 Å². The number of halogens is 4. The SMILES string of the molecule is CNC(Cc1ccc(Br)cc1Cl)c1c(F)cccc1F. The zero-order valence-electron chi connectivity index (χ0n) is 10.8. The third-order valence-electron chi connectivity index (χ3n) is 3.14. The lowest BCUT2D eigenvalue weighted by Gasteiger charge is -2.19. The Morgan fingerprint density at radius 2 is 1.85 bits per heavy atom. The Hall–Kier alpha value is -0.970. The number of hydrogen-bond donors (Lipinski definition) is 1. The van der Waals surface area contributed by atoms with E-state index in [9.17, 15) is 8.78 Å². The van der Waals surface area contributed by atoms with Crippen molar-refractivity contribution in [3.05, 3.63) is 68.7 Å². The van der Waals surface area contributed by atoms with E-state index >= 15 is 0 Å². The maximum atomic E-state index is 13.8. The first-order valence-electron chi connectivity index (χ1n) is 6.08. The molecule has 0 aromatic heterocycles. The van der Waals surface area contributed by atoms with Crippen LogP contribution in [0, 0.1) is 11.6 Å². The molecule has 0 saturated carbocycles. The van der Waals surface area contributed by atoms with E-state index in [0.717, 1.165) is 10.0 Å². The van der Waals surface area contributed by atoms with Crippen LogP contribution in [-0.2, 0) is 6.42 Å². The molecule has 0 aliphatic heterocycles. The fraction of sp³-hybridized carbons (Fsp3) is 0.200. The molecule has 0 saturated heterocycles. The van der Waals surface area contributed by atoms with Crippen LogP contribution in [-0.4, -0.2) is 7.05 Å². The molecule has 0 aliphatic rings. The molecule has 0 aliphatic carbocycles. The highest BCUT2D eigenvalue weighted by atomic mass is 79.9. The third-order valence-corrected chi connectivity index (χ3v) is 3.98. The van der Waals surface area contributed by atoms with Gasteiger partial charge in [0.2, 0.25) is 0 Å². The summed E-state index contributed by atoms with van der Waals surface area (Å²) >= 11 is 9.48. The van der Waals surface area contributed by atoms with Crippen LogP contribution in [0.3, 0.4) is 0 Å². The number of likely N-dealkylation sites (N-methyl/N-ethyl adjacent to an activating group) is 1. The van der Waals surface area contributed by atoms with Gasteiger partial charge in [-0.1, -0.05) is 39.7 Å². The van der Waals surface area contributed by atoms with Gasteiger partial charge in [0.15, 0.2) is 0 Å². The average Bonchev–Trinajstić information content (AvgIpc) is 2.39. The van der Waals surface area contributed by atoms with Gasteiger partial charge in [-0.3, -0.25) is 0 Å². The molecular weight excluding hydrogens is 348 g/mol. The molecule has 0 spiro atoms. The van der Waals surface area contributed by atoms with E-state index < -0.39 is 17.7 Å². The molecular formula is C15H13BrClF2N. The first-order chi connectivity index (χ1) is 9.52. The number of hydrogen-bond acceptors (Lipinski definition) is 1. The molecule has 20 heavy (non-hydrogen) atoms. The van der Waals surface area contributed by atoms with Crippen LogP contribution in [0.25, 0.3) is 0 Å². The molecule has 0 fully saturated rings. The van der Waals surface area contributed by atoms with E-state index in [0.29, 0.717) is 11.4 Å². The van der Waals surface area contributed by atoms with Gasteiger partial charge in [0, 0.05) is 21.1 Å². The van der Waals surface area contributed by atoms with E-state index in [2.05, 4.69) is 21.2 Å². The molecule has 1 atom stereocenters. The lowest BCUT2D eigenvalue weighted by Crippen LogP contribution is -2.21. The largest absolute Gasteiger partial charge is 0.313 e. The zero-order valence-corrected chi connectivity index (χ0v) is 13.1. The summed E-state index contributed by atoms with van der Waals surface area (Å²) in [5.41, 5.74) is 0.867. The zero-order chi connectivity index (χ0) is 14.7. The minimum atomic E-state index is -0.558. The molecule has 2 aromatic carbocycles. The Balaban J connectivity index is 2.34. The van der Waals surface area contributed by atoms with Gasteiger partial charge in [-0.05, 0) is 43.3 Å². The molecule has 0 bridgehead atoms. The average molecular weight is 361 g/mol. The molecule has 0 amide bonds. The topological polar surface area (TPSA) is 12.0 Å². The summed E-state index contributed by atoms with van der Waals surface area (Å²) in [6.07, 6.45) is 0.403. The van der Waals surface area contributed by atoms with Crippen molar-refractivity contribution in [1.82, 2.24) is 5.32 Å². The van der Waals surface area contributed by atoms with Crippen LogP contribution in [0.15, 0.2) is 40.9 Å². The van der Waals surface area contributed by atoms with Crippen molar-refractivity contribution < 1.29 is 8.78 Å². The molecule has 106 valence electrons. The standard InChI is InChI=1S/C15H13BrClF2N/c1-20-14(15-12(18)3-2-4-13(15)19)7-9-5-6-10(16)8-11(9)17/h2-6,8,14,20H,7H2,1H3. The monoisotopic (exact) mass is 359 g/mol. The van der Waals surface area contributed by atoms with Crippen LogP contribution in [0.4, 0.5) is 8.78 Å². The van der Waals surface area contributed by atoms with Gasteiger partial charge in [0.25, 0.3) is 0 Å². The maximum Gasteiger partial charge on any atom is 0.130 e. The second-order valence-electron chi connectivity index (χ2n) is 4.42. The number of rotatable bonds is 4.